The molecule has 0 N–H and O–H groups in total. The maximum absolute atomic E-state index is 5.57. The summed E-state index contributed by atoms with van der Waals surface area (Å²) in [6, 6.07) is 0. The molecule has 0 fully saturated rings. The van der Waals surface area contributed by atoms with E-state index in [1.807, 2.05) is 7.11 Å². The fourth-order valence-corrected chi connectivity index (χ4v) is 9.56. The van der Waals surface area contributed by atoms with Crippen LogP contribution in [0.1, 0.15) is 34.1 Å². The molecule has 13 heavy (non-hydrogen) atoms. The van der Waals surface area contributed by atoms with Gasteiger partial charge in [0.05, 0.1) is 0 Å². The van der Waals surface area contributed by atoms with E-state index >= 15 is 0 Å². The second-order valence-corrected chi connectivity index (χ2v) is 14.4. The average Bonchev–Trinajstić information content (AvgIpc) is 2.19. The fourth-order valence-electron chi connectivity index (χ4n) is 1.97. The maximum atomic E-state index is 5.57. The Labute approximate surface area is 85.9 Å². The van der Waals surface area contributed by atoms with Gasteiger partial charge in [-0.1, -0.05) is 0 Å². The summed E-state index contributed by atoms with van der Waals surface area (Å²) < 4.78 is 6.94. The summed E-state index contributed by atoms with van der Waals surface area (Å²) >= 11 is -1.76. The molecule has 0 bridgehead atoms. The minimum absolute atomic E-state index is 1.11. The third kappa shape index (κ3) is 3.05. The topological polar surface area (TPSA) is 9.23 Å². The van der Waals surface area contributed by atoms with Gasteiger partial charge in [0.25, 0.3) is 0 Å². The molecule has 0 unspecified atom stereocenters. The van der Waals surface area contributed by atoms with Crippen molar-refractivity contribution in [2.24, 2.45) is 0 Å². The summed E-state index contributed by atoms with van der Waals surface area (Å²) in [5.41, 5.74) is 0. The van der Waals surface area contributed by atoms with E-state index in [2.05, 4.69) is 33.8 Å². The van der Waals surface area contributed by atoms with Gasteiger partial charge in [-0.15, -0.1) is 0 Å². The first-order valence-corrected chi connectivity index (χ1v) is 10.9. The molecule has 0 spiro atoms. The zero-order valence-corrected chi connectivity index (χ0v) is 11.9. The Hall–Kier alpha value is 0.0829. The standard InChI is InChI=1S/C11H24GeO/c1-6-10-11(13-5)12(7-2,8-3)9-4/h10H,6-9H2,1-5H3/b11-10-. The summed E-state index contributed by atoms with van der Waals surface area (Å²) in [6.45, 7) is 9.17. The van der Waals surface area contributed by atoms with Crippen molar-refractivity contribution < 1.29 is 4.74 Å². The van der Waals surface area contributed by atoms with Crippen molar-refractivity contribution in [1.29, 1.82) is 0 Å². The second kappa shape index (κ2) is 6.52. The number of ether oxygens (including phenoxy) is 1. The summed E-state index contributed by atoms with van der Waals surface area (Å²) in [5, 5.41) is 4.06. The van der Waals surface area contributed by atoms with Crippen molar-refractivity contribution in [2.75, 3.05) is 7.11 Å². The summed E-state index contributed by atoms with van der Waals surface area (Å²) in [6.07, 6.45) is 3.41. The van der Waals surface area contributed by atoms with E-state index in [9.17, 15) is 0 Å². The van der Waals surface area contributed by atoms with Crippen molar-refractivity contribution in [3.05, 3.63) is 10.7 Å². The van der Waals surface area contributed by atoms with Crippen LogP contribution in [0.15, 0.2) is 10.7 Å². The second-order valence-electron chi connectivity index (χ2n) is 3.52. The van der Waals surface area contributed by atoms with Crippen LogP contribution in [-0.2, 0) is 4.74 Å². The van der Waals surface area contributed by atoms with Crippen molar-refractivity contribution in [1.82, 2.24) is 0 Å². The first-order valence-electron chi connectivity index (χ1n) is 5.45. The Bertz CT molecular complexity index is 151. The molecule has 0 atom stereocenters. The molecule has 0 aliphatic rings. The van der Waals surface area contributed by atoms with Gasteiger partial charge in [-0.25, -0.2) is 0 Å². The quantitative estimate of drug-likeness (QED) is 0.508. The van der Waals surface area contributed by atoms with E-state index in [0.717, 1.165) is 6.42 Å². The molecule has 0 heterocycles. The zero-order chi connectivity index (χ0) is 10.3. The number of allylic oxidation sites excluding steroid dienone is 1. The van der Waals surface area contributed by atoms with Crippen LogP contribution in [0.5, 0.6) is 0 Å². The molecule has 2 heteroatoms. The van der Waals surface area contributed by atoms with E-state index < -0.39 is 13.3 Å². The number of hydrogen-bond acceptors (Lipinski definition) is 1. The molecule has 0 aromatic carbocycles. The van der Waals surface area contributed by atoms with Crippen LogP contribution >= 0.6 is 0 Å². The third-order valence-corrected chi connectivity index (χ3v) is 14.7. The molecule has 0 aromatic heterocycles. The predicted octanol–water partition coefficient (Wildman–Crippen LogP) is 3.97. The molecule has 0 saturated carbocycles. The Balaban J connectivity index is 4.76. The van der Waals surface area contributed by atoms with E-state index in [-0.39, 0.29) is 0 Å². The van der Waals surface area contributed by atoms with Crippen LogP contribution in [0.2, 0.25) is 15.8 Å². The Morgan fingerprint density at radius 3 is 1.77 bits per heavy atom. The van der Waals surface area contributed by atoms with Crippen LogP contribution in [0.4, 0.5) is 0 Å². The van der Waals surface area contributed by atoms with Gasteiger partial charge in [-0.2, -0.15) is 0 Å². The Morgan fingerprint density at radius 1 is 1.08 bits per heavy atom. The number of rotatable bonds is 6. The van der Waals surface area contributed by atoms with Gasteiger partial charge in [0.2, 0.25) is 0 Å². The normalized spacial score (nSPS) is 13.2. The van der Waals surface area contributed by atoms with Crippen molar-refractivity contribution in [3.8, 4) is 0 Å². The summed E-state index contributed by atoms with van der Waals surface area (Å²) in [5.74, 6) is 0. The zero-order valence-electron chi connectivity index (χ0n) is 9.81. The molecule has 0 amide bonds. The van der Waals surface area contributed by atoms with Crippen LogP contribution < -0.4 is 0 Å². The first kappa shape index (κ1) is 13.1. The number of hydrogen-bond donors (Lipinski definition) is 0. The molecule has 0 radical (unpaired) electrons. The molecule has 78 valence electrons. The summed E-state index contributed by atoms with van der Waals surface area (Å²) in [4.78, 5) is 0. The predicted molar refractivity (Wildman–Crippen MR) is 62.6 cm³/mol. The van der Waals surface area contributed by atoms with Crippen LogP contribution in [0, 0.1) is 0 Å². The van der Waals surface area contributed by atoms with Crippen LogP contribution in [-0.4, -0.2) is 20.4 Å². The molecular formula is C11H24GeO. The third-order valence-electron chi connectivity index (χ3n) is 3.16. The van der Waals surface area contributed by atoms with E-state index in [1.54, 1.807) is 0 Å². The van der Waals surface area contributed by atoms with E-state index in [1.165, 1.54) is 20.4 Å². The average molecular weight is 245 g/mol. The van der Waals surface area contributed by atoms with Gasteiger partial charge in [0.15, 0.2) is 0 Å². The monoisotopic (exact) mass is 246 g/mol. The first-order chi connectivity index (χ1) is 6.20. The minimum atomic E-state index is -1.76. The molecule has 0 saturated heterocycles. The van der Waals surface area contributed by atoms with E-state index in [0.29, 0.717) is 0 Å². The van der Waals surface area contributed by atoms with Crippen LogP contribution in [0.3, 0.4) is 0 Å². The van der Waals surface area contributed by atoms with Crippen LogP contribution in [0.25, 0.3) is 0 Å². The fraction of sp³-hybridized carbons (Fsp3) is 0.818. The molecular weight excluding hydrogens is 221 g/mol. The Morgan fingerprint density at radius 2 is 1.54 bits per heavy atom. The molecule has 1 nitrogen and oxygen atoms in total. The summed E-state index contributed by atoms with van der Waals surface area (Å²) in [7, 11) is 1.84. The SMILES string of the molecule is CC/C=[C](\OC)[Ge]([CH2]C)([CH2]C)[CH2]C. The van der Waals surface area contributed by atoms with E-state index in [4.69, 9.17) is 4.74 Å². The number of methoxy groups -OCH3 is 1. The molecule has 0 aromatic rings. The van der Waals surface area contributed by atoms with Gasteiger partial charge in [0, 0.05) is 0 Å². The molecule has 0 aliphatic heterocycles. The Kier molecular flexibility index (Phi) is 6.57. The van der Waals surface area contributed by atoms with Gasteiger partial charge in [-0.3, -0.25) is 0 Å². The van der Waals surface area contributed by atoms with Gasteiger partial charge in [0.1, 0.15) is 0 Å². The van der Waals surface area contributed by atoms with Crippen molar-refractivity contribution >= 4 is 13.3 Å². The van der Waals surface area contributed by atoms with Crippen molar-refractivity contribution in [3.63, 3.8) is 0 Å². The molecule has 0 aliphatic carbocycles. The van der Waals surface area contributed by atoms with Gasteiger partial charge < -0.3 is 0 Å². The molecule has 0 rings (SSSR count). The van der Waals surface area contributed by atoms with Gasteiger partial charge in [-0.05, 0) is 0 Å². The van der Waals surface area contributed by atoms with Gasteiger partial charge >= 0.3 is 85.7 Å². The van der Waals surface area contributed by atoms with Crippen molar-refractivity contribution in [2.45, 2.75) is 49.9 Å².